The van der Waals surface area contributed by atoms with E-state index in [1.165, 1.54) is 12.1 Å². The van der Waals surface area contributed by atoms with Crippen LogP contribution in [0.3, 0.4) is 0 Å². The van der Waals surface area contributed by atoms with Crippen LogP contribution in [0.4, 0.5) is 30.2 Å². The number of benzene rings is 10. The minimum atomic E-state index is -4.72. The first kappa shape index (κ1) is 48.2. The molecule has 0 fully saturated rings. The standard InChI is InChI=1S/C68H36F3N9/c1-73-50-31-41(40-72)30-47(32-50)44-22-27-61-56(35-44)53-18-10-12-20-59(53)79(61)62-29-24-46(67-77-65(42-14-6-4-7-15-42)76-66(78-67)43-16-8-5-9-17-43)37-58(62)55-26-25-49(68(69,70)71)38-64(55)80-60-21-13-11-19-54(60)57-36-45(23-28-63(57)80)48-33-51(74-2)39-52(34-48)75-3/h4-39H. The zero-order chi connectivity index (χ0) is 54.6. The zero-order valence-corrected chi connectivity index (χ0v) is 41.9. The Labute approximate surface area is 456 Å². The van der Waals surface area contributed by atoms with Crippen LogP contribution in [0.5, 0.6) is 0 Å². The van der Waals surface area contributed by atoms with Gasteiger partial charge in [0.15, 0.2) is 34.5 Å². The van der Waals surface area contributed by atoms with Crippen LogP contribution in [-0.2, 0) is 6.18 Å². The van der Waals surface area contributed by atoms with Gasteiger partial charge in [-0.2, -0.15) is 18.4 Å². The zero-order valence-electron chi connectivity index (χ0n) is 41.9. The summed E-state index contributed by atoms with van der Waals surface area (Å²) in [6.07, 6.45) is -4.72. The van der Waals surface area contributed by atoms with Crippen molar-refractivity contribution in [1.29, 1.82) is 5.26 Å². The Hall–Kier alpha value is -11.4. The monoisotopic (exact) mass is 1040 g/mol. The van der Waals surface area contributed by atoms with Gasteiger partial charge in [0.25, 0.3) is 0 Å². The maximum Gasteiger partial charge on any atom is 0.416 e. The van der Waals surface area contributed by atoms with E-state index >= 15 is 13.2 Å². The van der Waals surface area contributed by atoms with Gasteiger partial charge in [0.2, 0.25) is 0 Å². The molecule has 0 radical (unpaired) electrons. The number of halogens is 3. The van der Waals surface area contributed by atoms with E-state index in [1.54, 1.807) is 36.4 Å². The molecular formula is C68H36F3N9. The van der Waals surface area contributed by atoms with Gasteiger partial charge in [-0.15, -0.1) is 0 Å². The SMILES string of the molecule is [C-]#[N+]c1cc(C#N)cc(-c2ccc3c(c2)c2ccccc2n3-c2ccc(-c3nc(-c4ccccc4)nc(-c4ccccc4)n3)cc2-c2ccc(C(F)(F)F)cc2-n2c3ccccc3c3cc(-c4cc([N+]#[C-])cc([N+]#[C-])c4)ccc32)c1. The lowest BCUT2D eigenvalue weighted by Crippen LogP contribution is -2.08. The molecule has 0 saturated carbocycles. The van der Waals surface area contributed by atoms with Crippen LogP contribution in [0, 0.1) is 31.0 Å². The number of rotatable bonds is 8. The van der Waals surface area contributed by atoms with E-state index in [9.17, 15) is 5.26 Å². The molecule has 374 valence electrons. The van der Waals surface area contributed by atoms with Gasteiger partial charge in [-0.3, -0.25) is 0 Å². The lowest BCUT2D eigenvalue weighted by atomic mass is 9.96. The van der Waals surface area contributed by atoms with Gasteiger partial charge in [-0.1, -0.05) is 133 Å². The minimum Gasteiger partial charge on any atom is -0.309 e. The summed E-state index contributed by atoms with van der Waals surface area (Å²) in [5.74, 6) is 1.22. The van der Waals surface area contributed by atoms with E-state index in [0.717, 1.165) is 60.9 Å². The van der Waals surface area contributed by atoms with Crippen LogP contribution >= 0.6 is 0 Å². The number of para-hydroxylation sites is 2. The van der Waals surface area contributed by atoms with E-state index in [0.29, 0.717) is 84.6 Å². The predicted octanol–water partition coefficient (Wildman–Crippen LogP) is 18.6. The van der Waals surface area contributed by atoms with Crippen molar-refractivity contribution in [2.45, 2.75) is 6.18 Å². The highest BCUT2D eigenvalue weighted by Crippen LogP contribution is 2.46. The van der Waals surface area contributed by atoms with Crippen molar-refractivity contribution in [3.63, 3.8) is 0 Å². The van der Waals surface area contributed by atoms with Gasteiger partial charge in [-0.05, 0) is 107 Å². The molecule has 0 aliphatic carbocycles. The predicted molar refractivity (Wildman–Crippen MR) is 310 cm³/mol. The average Bonchev–Trinajstić information content (AvgIpc) is 4.06. The Morgan fingerprint density at radius 2 is 0.838 bits per heavy atom. The Balaban J connectivity index is 1.11. The quantitative estimate of drug-likeness (QED) is 0.142. The summed E-state index contributed by atoms with van der Waals surface area (Å²) >= 11 is 0. The lowest BCUT2D eigenvalue weighted by molar-refractivity contribution is -0.137. The summed E-state index contributed by atoms with van der Waals surface area (Å²) in [6, 6.07) is 68.4. The summed E-state index contributed by atoms with van der Waals surface area (Å²) in [4.78, 5) is 26.0. The Morgan fingerprint density at radius 3 is 1.36 bits per heavy atom. The topological polar surface area (TPSA) is 85.4 Å². The number of alkyl halides is 3. The van der Waals surface area contributed by atoms with Crippen molar-refractivity contribution in [2.24, 2.45) is 0 Å². The molecule has 0 aliphatic rings. The average molecular weight is 1040 g/mol. The van der Waals surface area contributed by atoms with Gasteiger partial charge in [0, 0.05) is 54.9 Å². The van der Waals surface area contributed by atoms with Gasteiger partial charge >= 0.3 is 6.18 Å². The third kappa shape index (κ3) is 8.40. The Kier molecular flexibility index (Phi) is 11.6. The molecule has 12 heteroatoms. The van der Waals surface area contributed by atoms with Crippen molar-refractivity contribution in [3.8, 4) is 85.0 Å². The molecule has 0 bridgehead atoms. The smallest absolute Gasteiger partial charge is 0.309 e. The fraction of sp³-hybridized carbons (Fsp3) is 0.0147. The second-order valence-electron chi connectivity index (χ2n) is 19.1. The number of hydrogen-bond acceptors (Lipinski definition) is 4. The van der Waals surface area contributed by atoms with E-state index in [1.807, 2.05) is 168 Å². The Morgan fingerprint density at radius 1 is 0.375 bits per heavy atom. The third-order valence-electron chi connectivity index (χ3n) is 14.4. The highest BCUT2D eigenvalue weighted by molar-refractivity contribution is 6.13. The molecule has 0 N–H and O–H groups in total. The molecule has 0 saturated heterocycles. The molecule has 13 rings (SSSR count). The van der Waals surface area contributed by atoms with Gasteiger partial charge < -0.3 is 9.13 Å². The number of nitrogens with zero attached hydrogens (tertiary/aromatic N) is 9. The van der Waals surface area contributed by atoms with E-state index < -0.39 is 11.7 Å². The second-order valence-corrected chi connectivity index (χ2v) is 19.1. The largest absolute Gasteiger partial charge is 0.416 e. The van der Waals surface area contributed by atoms with Crippen molar-refractivity contribution in [2.75, 3.05) is 0 Å². The number of nitriles is 1. The third-order valence-corrected chi connectivity index (χ3v) is 14.4. The molecule has 0 unspecified atom stereocenters. The Bertz CT molecular complexity index is 4750. The van der Waals surface area contributed by atoms with E-state index in [-0.39, 0.29) is 5.69 Å². The van der Waals surface area contributed by atoms with Crippen LogP contribution in [0.1, 0.15) is 11.1 Å². The molecule has 3 heterocycles. The van der Waals surface area contributed by atoms with Gasteiger partial charge in [-0.25, -0.2) is 29.5 Å². The van der Waals surface area contributed by atoms with E-state index in [4.69, 9.17) is 34.7 Å². The first-order chi connectivity index (χ1) is 39.1. The van der Waals surface area contributed by atoms with Crippen LogP contribution in [0.25, 0.3) is 137 Å². The highest BCUT2D eigenvalue weighted by Gasteiger charge is 2.33. The first-order valence-electron chi connectivity index (χ1n) is 25.2. The molecule has 0 atom stereocenters. The van der Waals surface area contributed by atoms with Gasteiger partial charge in [0.05, 0.1) is 64.8 Å². The molecule has 0 aliphatic heterocycles. The van der Waals surface area contributed by atoms with Crippen molar-refractivity contribution in [3.05, 3.63) is 264 Å². The fourth-order valence-electron chi connectivity index (χ4n) is 10.8. The summed E-state index contributed by atoms with van der Waals surface area (Å²) in [5.41, 5.74) is 10.3. The maximum absolute atomic E-state index is 15.4. The molecule has 0 amide bonds. The fourth-order valence-corrected chi connectivity index (χ4v) is 10.8. The van der Waals surface area contributed by atoms with E-state index in [2.05, 4.69) is 25.2 Å². The van der Waals surface area contributed by atoms with Crippen molar-refractivity contribution < 1.29 is 13.2 Å². The summed E-state index contributed by atoms with van der Waals surface area (Å²) in [7, 11) is 0. The molecule has 13 aromatic rings. The normalized spacial score (nSPS) is 11.4. The van der Waals surface area contributed by atoms with Crippen molar-refractivity contribution in [1.82, 2.24) is 24.1 Å². The van der Waals surface area contributed by atoms with Crippen LogP contribution in [-0.4, -0.2) is 24.1 Å². The molecule has 0 spiro atoms. The number of hydrogen-bond donors (Lipinski definition) is 0. The number of aromatic nitrogens is 5. The summed E-state index contributed by atoms with van der Waals surface area (Å²) in [5, 5.41) is 13.2. The second kappa shape index (κ2) is 19.3. The molecule has 80 heavy (non-hydrogen) atoms. The lowest BCUT2D eigenvalue weighted by Gasteiger charge is -2.21. The molecule has 3 aromatic heterocycles. The summed E-state index contributed by atoms with van der Waals surface area (Å²) < 4.78 is 50.1. The first-order valence-corrected chi connectivity index (χ1v) is 25.2. The molecular weight excluding hydrogens is 1000 g/mol. The van der Waals surface area contributed by atoms with Crippen LogP contribution in [0.2, 0.25) is 0 Å². The molecule has 10 aromatic carbocycles. The number of fused-ring (bicyclic) bond motifs is 6. The van der Waals surface area contributed by atoms with Crippen molar-refractivity contribution >= 4 is 60.7 Å². The van der Waals surface area contributed by atoms with Crippen LogP contribution in [0.15, 0.2) is 218 Å². The highest BCUT2D eigenvalue weighted by atomic mass is 19.4. The summed E-state index contributed by atoms with van der Waals surface area (Å²) in [6.45, 7) is 23.2. The maximum atomic E-state index is 15.4. The molecule has 9 nitrogen and oxygen atoms in total. The van der Waals surface area contributed by atoms with Gasteiger partial charge in [0.1, 0.15) is 0 Å². The van der Waals surface area contributed by atoms with Crippen LogP contribution < -0.4 is 0 Å². The minimum absolute atomic E-state index is 0.254.